The molecule has 0 spiro atoms. The average molecular weight is 443 g/mol. The largest absolute Gasteiger partial charge is 0.477 e. The van der Waals surface area contributed by atoms with Gasteiger partial charge >= 0.3 is 0 Å². The fourth-order valence-corrected chi connectivity index (χ4v) is 3.83. The van der Waals surface area contributed by atoms with Gasteiger partial charge in [0.05, 0.1) is 23.8 Å². The maximum atomic E-state index is 5.85. The lowest BCUT2D eigenvalue weighted by molar-refractivity contribution is 0.293. The zero-order chi connectivity index (χ0) is 23.1. The van der Waals surface area contributed by atoms with E-state index >= 15 is 0 Å². The second kappa shape index (κ2) is 14.3. The minimum absolute atomic E-state index is 0.615. The van der Waals surface area contributed by atoms with E-state index in [0.717, 1.165) is 47.0 Å². The summed E-state index contributed by atoms with van der Waals surface area (Å²) >= 11 is 0. The van der Waals surface area contributed by atoms with Gasteiger partial charge in [0.25, 0.3) is 0 Å². The summed E-state index contributed by atoms with van der Waals surface area (Å²) < 4.78 is 5.85. The first kappa shape index (κ1) is 24.8. The Balaban J connectivity index is 1.49. The maximum Gasteiger partial charge on any atom is 0.232 e. The first-order valence-corrected chi connectivity index (χ1v) is 12.8. The molecule has 0 aliphatic heterocycles. The molecule has 0 atom stereocenters. The third kappa shape index (κ3) is 8.54. The summed E-state index contributed by atoms with van der Waals surface area (Å²) in [7, 11) is 0. The van der Waals surface area contributed by atoms with Crippen LogP contribution in [0, 0.1) is 11.8 Å². The maximum absolute atomic E-state index is 5.85. The van der Waals surface area contributed by atoms with Crippen molar-refractivity contribution >= 4 is 11.0 Å². The van der Waals surface area contributed by atoms with Crippen LogP contribution in [0.5, 0.6) is 5.88 Å². The average Bonchev–Trinajstić information content (AvgIpc) is 2.85. The second-order valence-electron chi connectivity index (χ2n) is 8.72. The molecule has 2 aromatic carbocycles. The van der Waals surface area contributed by atoms with E-state index < -0.39 is 0 Å². The van der Waals surface area contributed by atoms with E-state index in [0.29, 0.717) is 12.5 Å². The Bertz CT molecular complexity index is 1030. The molecule has 3 rings (SSSR count). The van der Waals surface area contributed by atoms with Gasteiger partial charge in [-0.15, -0.1) is 0 Å². The highest BCUT2D eigenvalue weighted by atomic mass is 16.5. The Kier molecular flexibility index (Phi) is 10.8. The number of aromatic nitrogens is 2. The molecule has 0 unspecified atom stereocenters. The lowest BCUT2D eigenvalue weighted by Crippen LogP contribution is -2.00. The van der Waals surface area contributed by atoms with Crippen LogP contribution in [-0.4, -0.2) is 16.6 Å². The fourth-order valence-electron chi connectivity index (χ4n) is 3.83. The molecule has 33 heavy (non-hydrogen) atoms. The van der Waals surface area contributed by atoms with Crippen molar-refractivity contribution in [2.45, 2.75) is 84.5 Å². The molecule has 0 saturated carbocycles. The molecule has 3 aromatic rings. The zero-order valence-corrected chi connectivity index (χ0v) is 20.4. The van der Waals surface area contributed by atoms with Gasteiger partial charge in [0.2, 0.25) is 5.88 Å². The van der Waals surface area contributed by atoms with Crippen LogP contribution in [0.4, 0.5) is 0 Å². The molecule has 174 valence electrons. The van der Waals surface area contributed by atoms with Gasteiger partial charge in [0, 0.05) is 12.0 Å². The highest BCUT2D eigenvalue weighted by Gasteiger charge is 2.04. The van der Waals surface area contributed by atoms with Gasteiger partial charge in [-0.3, -0.25) is 0 Å². The summed E-state index contributed by atoms with van der Waals surface area (Å²) in [6.45, 7) is 5.16. The van der Waals surface area contributed by atoms with Crippen molar-refractivity contribution in [3.63, 3.8) is 0 Å². The van der Waals surface area contributed by atoms with Crippen LogP contribution in [0.3, 0.4) is 0 Å². The topological polar surface area (TPSA) is 35.0 Å². The third-order valence-electron chi connectivity index (χ3n) is 5.87. The van der Waals surface area contributed by atoms with Crippen molar-refractivity contribution in [2.75, 3.05) is 6.61 Å². The lowest BCUT2D eigenvalue weighted by Gasteiger charge is -2.07. The molecule has 1 aromatic heterocycles. The quantitative estimate of drug-likeness (QED) is 0.197. The number of rotatable bonds is 13. The minimum atomic E-state index is 0.615. The van der Waals surface area contributed by atoms with Crippen LogP contribution < -0.4 is 4.74 Å². The Labute approximate surface area is 200 Å². The minimum Gasteiger partial charge on any atom is -0.477 e. The normalized spacial score (nSPS) is 10.7. The van der Waals surface area contributed by atoms with Crippen molar-refractivity contribution < 1.29 is 4.74 Å². The first-order valence-electron chi connectivity index (χ1n) is 12.8. The molecule has 0 saturated heterocycles. The second-order valence-corrected chi connectivity index (χ2v) is 8.72. The van der Waals surface area contributed by atoms with Gasteiger partial charge < -0.3 is 4.74 Å². The van der Waals surface area contributed by atoms with E-state index in [-0.39, 0.29) is 0 Å². The summed E-state index contributed by atoms with van der Waals surface area (Å²) in [6.07, 6.45) is 15.4. The molecule has 0 aliphatic carbocycles. The summed E-state index contributed by atoms with van der Waals surface area (Å²) in [5.41, 5.74) is 5.11. The molecule has 3 nitrogen and oxygen atoms in total. The van der Waals surface area contributed by atoms with Crippen LogP contribution in [0.15, 0.2) is 48.7 Å². The molecular formula is C30H38N2O. The van der Waals surface area contributed by atoms with Crippen molar-refractivity contribution in [1.29, 1.82) is 0 Å². The Hall–Kier alpha value is -2.86. The van der Waals surface area contributed by atoms with Crippen LogP contribution in [0.1, 0.15) is 90.0 Å². The summed E-state index contributed by atoms with van der Waals surface area (Å²) in [4.78, 5) is 9.23. The molecule has 0 bridgehead atoms. The Morgan fingerprint density at radius 1 is 0.727 bits per heavy atom. The number of fused-ring (bicyclic) bond motifs is 1. The molecule has 0 aliphatic rings. The van der Waals surface area contributed by atoms with Gasteiger partial charge in [-0.1, -0.05) is 95.3 Å². The van der Waals surface area contributed by atoms with Gasteiger partial charge in [0.1, 0.15) is 0 Å². The monoisotopic (exact) mass is 442 g/mol. The van der Waals surface area contributed by atoms with E-state index in [4.69, 9.17) is 4.74 Å². The van der Waals surface area contributed by atoms with E-state index in [1.807, 2.05) is 6.07 Å². The smallest absolute Gasteiger partial charge is 0.232 e. The van der Waals surface area contributed by atoms with Crippen LogP contribution >= 0.6 is 0 Å². The molecular weight excluding hydrogens is 404 g/mol. The number of nitrogens with zero attached hydrogens (tertiary/aromatic N) is 2. The fraction of sp³-hybridized carbons (Fsp3) is 0.467. The van der Waals surface area contributed by atoms with E-state index in [1.165, 1.54) is 51.4 Å². The van der Waals surface area contributed by atoms with Gasteiger partial charge in [-0.2, -0.15) is 0 Å². The molecule has 0 radical (unpaired) electrons. The van der Waals surface area contributed by atoms with Crippen molar-refractivity contribution in [1.82, 2.24) is 9.97 Å². The van der Waals surface area contributed by atoms with Gasteiger partial charge in [-0.25, -0.2) is 9.97 Å². The first-order chi connectivity index (χ1) is 16.3. The summed E-state index contributed by atoms with van der Waals surface area (Å²) in [6, 6.07) is 14.6. The van der Waals surface area contributed by atoms with Crippen LogP contribution in [0.2, 0.25) is 0 Å². The van der Waals surface area contributed by atoms with Crippen molar-refractivity contribution in [3.8, 4) is 28.8 Å². The number of ether oxygens (including phenoxy) is 1. The summed E-state index contributed by atoms with van der Waals surface area (Å²) in [5, 5.41) is 0. The highest BCUT2D eigenvalue weighted by Crippen LogP contribution is 2.24. The standard InChI is InChI=1S/C30H38N2O/c1-3-5-7-9-10-11-12-14-22-33-30-24-31-29-23-27(20-21-28(29)32-30)26-18-16-25(17-19-26)15-13-8-6-4-2/h16-21,23-24H,3-12,14,22H2,1-2H3. The highest BCUT2D eigenvalue weighted by molar-refractivity contribution is 5.81. The Morgan fingerprint density at radius 2 is 1.42 bits per heavy atom. The number of hydrogen-bond acceptors (Lipinski definition) is 3. The van der Waals surface area contributed by atoms with Gasteiger partial charge in [-0.05, 0) is 48.2 Å². The molecule has 1 heterocycles. The number of unbranched alkanes of at least 4 members (excludes halogenated alkanes) is 9. The van der Waals surface area contributed by atoms with Crippen LogP contribution in [0.25, 0.3) is 22.2 Å². The van der Waals surface area contributed by atoms with Crippen LogP contribution in [-0.2, 0) is 0 Å². The van der Waals surface area contributed by atoms with Crippen molar-refractivity contribution in [3.05, 3.63) is 54.2 Å². The summed E-state index contributed by atoms with van der Waals surface area (Å²) in [5.74, 6) is 7.11. The predicted molar refractivity (Wildman–Crippen MR) is 139 cm³/mol. The zero-order valence-electron chi connectivity index (χ0n) is 20.4. The molecule has 0 amide bonds. The van der Waals surface area contributed by atoms with E-state index in [2.05, 4.69) is 72.1 Å². The van der Waals surface area contributed by atoms with Gasteiger partial charge in [0.15, 0.2) is 0 Å². The third-order valence-corrected chi connectivity index (χ3v) is 5.87. The van der Waals surface area contributed by atoms with E-state index in [9.17, 15) is 0 Å². The number of benzene rings is 2. The number of hydrogen-bond donors (Lipinski definition) is 0. The lowest BCUT2D eigenvalue weighted by atomic mass is 10.0. The molecule has 0 N–H and O–H groups in total. The predicted octanol–water partition coefficient (Wildman–Crippen LogP) is 8.36. The molecule has 0 fully saturated rings. The molecule has 3 heteroatoms. The Morgan fingerprint density at radius 3 is 2.18 bits per heavy atom. The SMILES string of the molecule is CCCCC#Cc1ccc(-c2ccc3nc(OCCCCCCCCCC)cnc3c2)cc1. The van der Waals surface area contributed by atoms with E-state index in [1.54, 1.807) is 6.20 Å². The van der Waals surface area contributed by atoms with Crippen molar-refractivity contribution in [2.24, 2.45) is 0 Å².